The van der Waals surface area contributed by atoms with Gasteiger partial charge >= 0.3 is 0 Å². The van der Waals surface area contributed by atoms with E-state index in [0.29, 0.717) is 4.47 Å². The first-order valence-corrected chi connectivity index (χ1v) is 5.60. The summed E-state index contributed by atoms with van der Waals surface area (Å²) in [5.41, 5.74) is 0.194. The summed E-state index contributed by atoms with van der Waals surface area (Å²) >= 11 is 3.21. The predicted octanol–water partition coefficient (Wildman–Crippen LogP) is 2.18. The van der Waals surface area contributed by atoms with Gasteiger partial charge in [0.2, 0.25) is 5.91 Å². The first kappa shape index (κ1) is 13.1. The van der Waals surface area contributed by atoms with Gasteiger partial charge in [0.05, 0.1) is 18.2 Å². The second-order valence-electron chi connectivity index (χ2n) is 3.58. The minimum atomic E-state index is -0.539. The largest absolute Gasteiger partial charge is 0.396 e. The maximum absolute atomic E-state index is 13.5. The predicted molar refractivity (Wildman–Crippen MR) is 63.8 cm³/mol. The molecule has 0 saturated heterocycles. The Hall–Kier alpha value is -0.940. The fourth-order valence-electron chi connectivity index (χ4n) is 1.27. The van der Waals surface area contributed by atoms with Crippen molar-refractivity contribution in [1.82, 2.24) is 0 Å². The molecule has 0 fully saturated rings. The van der Waals surface area contributed by atoms with Gasteiger partial charge in [0, 0.05) is 11.5 Å². The van der Waals surface area contributed by atoms with Crippen LogP contribution in [-0.4, -0.2) is 24.7 Å². The summed E-state index contributed by atoms with van der Waals surface area (Å²) in [6.45, 7) is 1.34. The van der Waals surface area contributed by atoms with Gasteiger partial charge in [0.1, 0.15) is 5.82 Å². The van der Waals surface area contributed by atoms with Crippen molar-refractivity contribution in [3.05, 3.63) is 28.5 Å². The van der Waals surface area contributed by atoms with Crippen LogP contribution in [-0.2, 0) is 4.79 Å². The number of aliphatic hydroxyl groups is 1. The Balaban J connectivity index is 3.00. The van der Waals surface area contributed by atoms with Crippen LogP contribution in [0.1, 0.15) is 6.92 Å². The van der Waals surface area contributed by atoms with Crippen LogP contribution in [0.3, 0.4) is 0 Å². The van der Waals surface area contributed by atoms with Gasteiger partial charge < -0.3 is 10.0 Å². The first-order valence-electron chi connectivity index (χ1n) is 4.81. The van der Waals surface area contributed by atoms with E-state index in [-0.39, 0.29) is 18.2 Å². The lowest BCUT2D eigenvalue weighted by Gasteiger charge is -2.21. The number of anilines is 1. The van der Waals surface area contributed by atoms with Gasteiger partial charge in [0.15, 0.2) is 0 Å². The zero-order chi connectivity index (χ0) is 12.3. The molecule has 0 aliphatic rings. The van der Waals surface area contributed by atoms with Crippen molar-refractivity contribution >= 4 is 27.5 Å². The number of carbonyl (C=O) groups excluding carboxylic acids is 1. The Bertz CT molecular complexity index is 398. The molecule has 0 aliphatic heterocycles. The molecule has 1 N–H and O–H groups in total. The van der Waals surface area contributed by atoms with Crippen molar-refractivity contribution in [3.8, 4) is 0 Å². The normalized spacial score (nSPS) is 12.3. The second kappa shape index (κ2) is 5.41. The van der Waals surface area contributed by atoms with E-state index in [0.717, 1.165) is 0 Å². The molecule has 0 bridgehead atoms. The summed E-state index contributed by atoms with van der Waals surface area (Å²) in [7, 11) is 1.49. The molecule has 0 saturated carbocycles. The zero-order valence-electron chi connectivity index (χ0n) is 9.08. The molecule has 1 aromatic carbocycles. The molecule has 0 unspecified atom stereocenters. The Labute approximate surface area is 102 Å². The van der Waals surface area contributed by atoms with E-state index in [1.54, 1.807) is 13.0 Å². The smallest absolute Gasteiger partial charge is 0.231 e. The molecule has 88 valence electrons. The molecule has 0 radical (unpaired) electrons. The average Bonchev–Trinajstić information content (AvgIpc) is 2.29. The number of halogens is 2. The number of aliphatic hydroxyl groups excluding tert-OH is 1. The highest BCUT2D eigenvalue weighted by Gasteiger charge is 2.20. The van der Waals surface area contributed by atoms with Crippen molar-refractivity contribution in [2.24, 2.45) is 5.92 Å². The van der Waals surface area contributed by atoms with E-state index in [2.05, 4.69) is 15.9 Å². The maximum Gasteiger partial charge on any atom is 0.231 e. The minimum Gasteiger partial charge on any atom is -0.396 e. The lowest BCUT2D eigenvalue weighted by atomic mass is 10.1. The lowest BCUT2D eigenvalue weighted by Crippen LogP contribution is -2.33. The molecule has 0 aromatic heterocycles. The van der Waals surface area contributed by atoms with Crippen LogP contribution in [0.25, 0.3) is 0 Å². The van der Waals surface area contributed by atoms with Gasteiger partial charge in [-0.25, -0.2) is 4.39 Å². The summed E-state index contributed by atoms with van der Waals surface area (Å²) in [5, 5.41) is 8.87. The van der Waals surface area contributed by atoms with E-state index in [1.807, 2.05) is 0 Å². The highest BCUT2D eigenvalue weighted by Crippen LogP contribution is 2.24. The standard InChI is InChI=1S/C11H13BrFNO2/c1-7(6-15)11(16)14(2)10-5-8(12)3-4-9(10)13/h3-5,7,15H,6H2,1-2H3/t7-/m0/s1. The number of amides is 1. The first-order chi connectivity index (χ1) is 7.47. The summed E-state index contributed by atoms with van der Waals surface area (Å²) in [4.78, 5) is 12.9. The quantitative estimate of drug-likeness (QED) is 0.927. The van der Waals surface area contributed by atoms with E-state index < -0.39 is 11.7 Å². The number of benzene rings is 1. The topological polar surface area (TPSA) is 40.5 Å². The van der Waals surface area contributed by atoms with Gasteiger partial charge in [0.25, 0.3) is 0 Å². The summed E-state index contributed by atoms with van der Waals surface area (Å²) < 4.78 is 14.2. The van der Waals surface area contributed by atoms with E-state index >= 15 is 0 Å². The molecule has 16 heavy (non-hydrogen) atoms. The van der Waals surface area contributed by atoms with E-state index in [1.165, 1.54) is 24.1 Å². The van der Waals surface area contributed by atoms with E-state index in [4.69, 9.17) is 5.11 Å². The Morgan fingerprint density at radius 3 is 2.81 bits per heavy atom. The lowest BCUT2D eigenvalue weighted by molar-refractivity contribution is -0.122. The Kier molecular flexibility index (Phi) is 4.44. The van der Waals surface area contributed by atoms with Gasteiger partial charge in [-0.3, -0.25) is 4.79 Å². The monoisotopic (exact) mass is 289 g/mol. The van der Waals surface area contributed by atoms with E-state index in [9.17, 15) is 9.18 Å². The van der Waals surface area contributed by atoms with Crippen LogP contribution in [0, 0.1) is 11.7 Å². The highest BCUT2D eigenvalue weighted by molar-refractivity contribution is 9.10. The molecule has 0 spiro atoms. The average molecular weight is 290 g/mol. The summed E-state index contributed by atoms with van der Waals surface area (Å²) in [5.74, 6) is -1.33. The Morgan fingerprint density at radius 2 is 2.25 bits per heavy atom. The van der Waals surface area contributed by atoms with Crippen LogP contribution in [0.2, 0.25) is 0 Å². The molecule has 3 nitrogen and oxygen atoms in total. The number of carbonyl (C=O) groups is 1. The zero-order valence-corrected chi connectivity index (χ0v) is 10.7. The SMILES string of the molecule is C[C@@H](CO)C(=O)N(C)c1cc(Br)ccc1F. The van der Waals surface area contributed by atoms with Gasteiger partial charge in [-0.2, -0.15) is 0 Å². The molecular weight excluding hydrogens is 277 g/mol. The van der Waals surface area contributed by atoms with Crippen LogP contribution in [0.15, 0.2) is 22.7 Å². The fourth-order valence-corrected chi connectivity index (χ4v) is 1.62. The molecule has 0 heterocycles. The fraction of sp³-hybridized carbons (Fsp3) is 0.364. The molecule has 1 atom stereocenters. The Morgan fingerprint density at radius 1 is 1.62 bits per heavy atom. The number of nitrogens with zero attached hydrogens (tertiary/aromatic N) is 1. The summed E-state index contributed by atoms with van der Waals surface area (Å²) in [6.07, 6.45) is 0. The van der Waals surface area contributed by atoms with Crippen LogP contribution in [0.5, 0.6) is 0 Å². The van der Waals surface area contributed by atoms with Crippen molar-refractivity contribution in [3.63, 3.8) is 0 Å². The molecular formula is C11H13BrFNO2. The third-order valence-electron chi connectivity index (χ3n) is 2.30. The van der Waals surface area contributed by atoms with Crippen molar-refractivity contribution < 1.29 is 14.3 Å². The van der Waals surface area contributed by atoms with Crippen LogP contribution >= 0.6 is 15.9 Å². The van der Waals surface area contributed by atoms with Crippen molar-refractivity contribution in [2.45, 2.75) is 6.92 Å². The molecule has 5 heteroatoms. The van der Waals surface area contributed by atoms with Crippen LogP contribution < -0.4 is 4.90 Å². The third kappa shape index (κ3) is 2.80. The number of rotatable bonds is 3. The molecule has 1 amide bonds. The highest BCUT2D eigenvalue weighted by atomic mass is 79.9. The molecule has 0 aliphatic carbocycles. The van der Waals surface area contributed by atoms with Gasteiger partial charge in [-0.15, -0.1) is 0 Å². The molecule has 1 rings (SSSR count). The van der Waals surface area contributed by atoms with Crippen molar-refractivity contribution in [1.29, 1.82) is 0 Å². The number of hydrogen-bond acceptors (Lipinski definition) is 2. The summed E-state index contributed by atoms with van der Waals surface area (Å²) in [6, 6.07) is 4.37. The van der Waals surface area contributed by atoms with Crippen LogP contribution in [0.4, 0.5) is 10.1 Å². The third-order valence-corrected chi connectivity index (χ3v) is 2.79. The minimum absolute atomic E-state index is 0.194. The maximum atomic E-state index is 13.5. The van der Waals surface area contributed by atoms with Gasteiger partial charge in [-0.05, 0) is 18.2 Å². The molecule has 1 aromatic rings. The second-order valence-corrected chi connectivity index (χ2v) is 4.49. The number of hydrogen-bond donors (Lipinski definition) is 1. The van der Waals surface area contributed by atoms with Gasteiger partial charge in [-0.1, -0.05) is 22.9 Å². The van der Waals surface area contributed by atoms with Crippen molar-refractivity contribution in [2.75, 3.05) is 18.6 Å².